The van der Waals surface area contributed by atoms with E-state index in [4.69, 9.17) is 9.15 Å². The fraction of sp³-hybridized carbons (Fsp3) is 0.765. The highest BCUT2D eigenvalue weighted by Crippen LogP contribution is 2.12. The summed E-state index contributed by atoms with van der Waals surface area (Å²) < 4.78 is 10.8. The first kappa shape index (κ1) is 16.5. The van der Waals surface area contributed by atoms with Crippen molar-refractivity contribution in [3.8, 4) is 0 Å². The van der Waals surface area contributed by atoms with Crippen LogP contribution >= 0.6 is 0 Å². The van der Waals surface area contributed by atoms with Crippen LogP contribution in [0.1, 0.15) is 51.2 Å². The first-order chi connectivity index (χ1) is 10.3. The van der Waals surface area contributed by atoms with Gasteiger partial charge in [-0.05, 0) is 57.8 Å². The van der Waals surface area contributed by atoms with Gasteiger partial charge in [-0.15, -0.1) is 0 Å². The maximum atomic E-state index is 5.58. The summed E-state index contributed by atoms with van der Waals surface area (Å²) in [7, 11) is 0. The summed E-state index contributed by atoms with van der Waals surface area (Å²) in [4.78, 5) is 0. The van der Waals surface area contributed by atoms with Gasteiger partial charge in [0.05, 0.1) is 6.26 Å². The molecule has 1 aliphatic rings. The summed E-state index contributed by atoms with van der Waals surface area (Å²) in [5.74, 6) is 0.899. The minimum atomic E-state index is 0.575. The van der Waals surface area contributed by atoms with E-state index in [2.05, 4.69) is 17.6 Å². The third-order valence-electron chi connectivity index (χ3n) is 4.08. The van der Waals surface area contributed by atoms with Crippen LogP contribution in [0, 0.1) is 0 Å². The van der Waals surface area contributed by atoms with Gasteiger partial charge in [-0.2, -0.15) is 0 Å². The number of hydrogen-bond acceptors (Lipinski definition) is 4. The molecular weight excluding hydrogens is 264 g/mol. The van der Waals surface area contributed by atoms with E-state index in [9.17, 15) is 0 Å². The van der Waals surface area contributed by atoms with Crippen molar-refractivity contribution in [1.29, 1.82) is 0 Å². The first-order valence-corrected chi connectivity index (χ1v) is 8.41. The normalized spacial score (nSPS) is 21.1. The standard InChI is InChI=1S/C17H30N2O2/c1-15(13-16-7-3-2-4-9-19-16)18-10-6-11-20-14-17-8-5-12-21-17/h5,8,12,15-16,18-19H,2-4,6-7,9-11,13-14H2,1H3. The van der Waals surface area contributed by atoms with E-state index in [1.54, 1.807) is 6.26 Å². The Morgan fingerprint density at radius 2 is 2.38 bits per heavy atom. The second kappa shape index (κ2) is 9.98. The molecule has 2 rings (SSSR count). The van der Waals surface area contributed by atoms with Crippen LogP contribution in [0.4, 0.5) is 0 Å². The molecule has 4 nitrogen and oxygen atoms in total. The summed E-state index contributed by atoms with van der Waals surface area (Å²) in [6.45, 7) is 5.86. The lowest BCUT2D eigenvalue weighted by Gasteiger charge is -2.21. The van der Waals surface area contributed by atoms with Crippen LogP contribution in [0.5, 0.6) is 0 Å². The van der Waals surface area contributed by atoms with E-state index in [0.29, 0.717) is 18.7 Å². The molecule has 0 spiro atoms. The fourth-order valence-electron chi connectivity index (χ4n) is 2.90. The van der Waals surface area contributed by atoms with Gasteiger partial charge >= 0.3 is 0 Å². The van der Waals surface area contributed by atoms with E-state index in [-0.39, 0.29) is 0 Å². The van der Waals surface area contributed by atoms with Crippen LogP contribution in [0.15, 0.2) is 22.8 Å². The van der Waals surface area contributed by atoms with E-state index in [0.717, 1.165) is 25.3 Å². The van der Waals surface area contributed by atoms with Gasteiger partial charge in [-0.3, -0.25) is 0 Å². The fourth-order valence-corrected chi connectivity index (χ4v) is 2.90. The molecule has 1 aliphatic heterocycles. The van der Waals surface area contributed by atoms with Gasteiger partial charge in [0.15, 0.2) is 0 Å². The largest absolute Gasteiger partial charge is 0.467 e. The van der Waals surface area contributed by atoms with Crippen molar-refractivity contribution < 1.29 is 9.15 Å². The van der Waals surface area contributed by atoms with Gasteiger partial charge < -0.3 is 19.8 Å². The molecule has 1 aromatic heterocycles. The Hall–Kier alpha value is -0.840. The van der Waals surface area contributed by atoms with Crippen LogP contribution < -0.4 is 10.6 Å². The predicted octanol–water partition coefficient (Wildman–Crippen LogP) is 3.09. The third kappa shape index (κ3) is 7.11. The zero-order valence-electron chi connectivity index (χ0n) is 13.3. The summed E-state index contributed by atoms with van der Waals surface area (Å²) in [5, 5.41) is 7.26. The third-order valence-corrected chi connectivity index (χ3v) is 4.08. The molecule has 1 saturated heterocycles. The SMILES string of the molecule is CC(CC1CCCCCN1)NCCCOCc1ccco1. The van der Waals surface area contributed by atoms with E-state index >= 15 is 0 Å². The van der Waals surface area contributed by atoms with Crippen LogP contribution in [0.3, 0.4) is 0 Å². The summed E-state index contributed by atoms with van der Waals surface area (Å²) in [6.07, 6.45) is 9.40. The van der Waals surface area contributed by atoms with Gasteiger partial charge in [0, 0.05) is 18.7 Å². The zero-order chi connectivity index (χ0) is 14.8. The monoisotopic (exact) mass is 294 g/mol. The van der Waals surface area contributed by atoms with Crippen molar-refractivity contribution in [1.82, 2.24) is 10.6 Å². The highest BCUT2D eigenvalue weighted by Gasteiger charge is 2.14. The Morgan fingerprint density at radius 3 is 3.24 bits per heavy atom. The van der Waals surface area contributed by atoms with Crippen molar-refractivity contribution in [3.63, 3.8) is 0 Å². The molecule has 2 N–H and O–H groups in total. The quantitative estimate of drug-likeness (QED) is 0.687. The molecule has 1 aromatic rings. The van der Waals surface area contributed by atoms with Crippen molar-refractivity contribution in [2.24, 2.45) is 0 Å². The molecule has 0 saturated carbocycles. The van der Waals surface area contributed by atoms with Crippen molar-refractivity contribution in [2.75, 3.05) is 19.7 Å². The molecule has 4 heteroatoms. The van der Waals surface area contributed by atoms with E-state index in [1.165, 1.54) is 38.6 Å². The molecule has 120 valence electrons. The van der Waals surface area contributed by atoms with Crippen molar-refractivity contribution in [2.45, 2.75) is 64.1 Å². The molecule has 2 atom stereocenters. The van der Waals surface area contributed by atoms with E-state index in [1.807, 2.05) is 12.1 Å². The number of nitrogens with one attached hydrogen (secondary N) is 2. The van der Waals surface area contributed by atoms with Crippen LogP contribution in [-0.2, 0) is 11.3 Å². The van der Waals surface area contributed by atoms with Gasteiger partial charge in [-0.1, -0.05) is 12.8 Å². The van der Waals surface area contributed by atoms with Crippen molar-refractivity contribution >= 4 is 0 Å². The molecular formula is C17H30N2O2. The van der Waals surface area contributed by atoms with Crippen LogP contribution in [0.2, 0.25) is 0 Å². The second-order valence-electron chi connectivity index (χ2n) is 6.08. The van der Waals surface area contributed by atoms with Crippen molar-refractivity contribution in [3.05, 3.63) is 24.2 Å². The van der Waals surface area contributed by atoms with Gasteiger partial charge in [0.1, 0.15) is 12.4 Å². The lowest BCUT2D eigenvalue weighted by molar-refractivity contribution is 0.103. The Bertz CT molecular complexity index is 346. The first-order valence-electron chi connectivity index (χ1n) is 8.41. The Balaban J connectivity index is 1.46. The lowest BCUT2D eigenvalue weighted by Crippen LogP contribution is -2.37. The highest BCUT2D eigenvalue weighted by molar-refractivity contribution is 4.95. The van der Waals surface area contributed by atoms with Gasteiger partial charge in [0.25, 0.3) is 0 Å². The number of rotatable bonds is 9. The summed E-state index contributed by atoms with van der Waals surface area (Å²) in [6, 6.07) is 5.11. The van der Waals surface area contributed by atoms with Gasteiger partial charge in [-0.25, -0.2) is 0 Å². The molecule has 0 bridgehead atoms. The predicted molar refractivity (Wildman–Crippen MR) is 85.3 cm³/mol. The van der Waals surface area contributed by atoms with Crippen LogP contribution in [-0.4, -0.2) is 31.8 Å². The minimum absolute atomic E-state index is 0.575. The topological polar surface area (TPSA) is 46.4 Å². The van der Waals surface area contributed by atoms with E-state index < -0.39 is 0 Å². The molecule has 0 amide bonds. The molecule has 2 heterocycles. The maximum absolute atomic E-state index is 5.58. The molecule has 21 heavy (non-hydrogen) atoms. The highest BCUT2D eigenvalue weighted by atomic mass is 16.5. The van der Waals surface area contributed by atoms with Crippen LogP contribution in [0.25, 0.3) is 0 Å². The summed E-state index contributed by atoms with van der Waals surface area (Å²) in [5.41, 5.74) is 0. The average molecular weight is 294 g/mol. The maximum Gasteiger partial charge on any atom is 0.129 e. The lowest BCUT2D eigenvalue weighted by atomic mass is 10.0. The zero-order valence-corrected chi connectivity index (χ0v) is 13.3. The van der Waals surface area contributed by atoms with Gasteiger partial charge in [0.2, 0.25) is 0 Å². The number of furan rings is 1. The molecule has 0 radical (unpaired) electrons. The minimum Gasteiger partial charge on any atom is -0.467 e. The number of ether oxygens (including phenoxy) is 1. The molecule has 0 aliphatic carbocycles. The summed E-state index contributed by atoms with van der Waals surface area (Å²) >= 11 is 0. The second-order valence-corrected chi connectivity index (χ2v) is 6.08. The smallest absolute Gasteiger partial charge is 0.129 e. The Morgan fingerprint density at radius 1 is 1.43 bits per heavy atom. The Kier molecular flexibility index (Phi) is 7.86. The number of hydrogen-bond donors (Lipinski definition) is 2. The molecule has 2 unspecified atom stereocenters. The Labute approximate surface area is 128 Å². The average Bonchev–Trinajstić information content (AvgIpc) is 2.87. The molecule has 1 fully saturated rings. The molecule has 0 aromatic carbocycles.